The molecule has 0 bridgehead atoms. The molecule has 4 nitrogen and oxygen atoms in total. The van der Waals surface area contributed by atoms with Gasteiger partial charge in [-0.15, -0.1) is 0 Å². The van der Waals surface area contributed by atoms with Gasteiger partial charge >= 0.3 is 0 Å². The Hall–Kier alpha value is -0.160. The van der Waals surface area contributed by atoms with Crippen LogP contribution in [0.15, 0.2) is 0 Å². The second-order valence-corrected chi connectivity index (χ2v) is 6.43. The molecule has 1 unspecified atom stereocenters. The number of rotatable bonds is 8. The number of ether oxygens (including phenoxy) is 1. The predicted octanol–water partition coefficient (Wildman–Crippen LogP) is 1.34. The van der Waals surface area contributed by atoms with E-state index in [4.69, 9.17) is 4.74 Å². The van der Waals surface area contributed by atoms with E-state index < -0.39 is 5.60 Å². The van der Waals surface area contributed by atoms with Gasteiger partial charge in [-0.05, 0) is 51.2 Å². The Morgan fingerprint density at radius 3 is 2.53 bits per heavy atom. The highest BCUT2D eigenvalue weighted by Gasteiger charge is 2.29. The van der Waals surface area contributed by atoms with Crippen molar-refractivity contribution < 1.29 is 9.84 Å². The van der Waals surface area contributed by atoms with Crippen LogP contribution in [0.1, 0.15) is 33.6 Å². The van der Waals surface area contributed by atoms with E-state index in [1.165, 1.54) is 12.8 Å². The Bertz CT molecular complexity index is 236. The monoisotopic (exact) mass is 272 g/mol. The van der Waals surface area contributed by atoms with Crippen molar-refractivity contribution in [1.82, 2.24) is 10.2 Å². The molecule has 1 saturated heterocycles. The van der Waals surface area contributed by atoms with Crippen molar-refractivity contribution in [3.05, 3.63) is 0 Å². The number of β-amino-alcohol motifs (C(OH)–C–C–N with tert-alkyl or cyclic N) is 1. The Morgan fingerprint density at radius 1 is 1.37 bits per heavy atom. The lowest BCUT2D eigenvalue weighted by atomic mass is 9.90. The molecule has 0 radical (unpaired) electrons. The van der Waals surface area contributed by atoms with Crippen LogP contribution in [0, 0.1) is 11.8 Å². The van der Waals surface area contributed by atoms with Gasteiger partial charge in [0, 0.05) is 20.2 Å². The fourth-order valence-electron chi connectivity index (χ4n) is 2.46. The lowest BCUT2D eigenvalue weighted by molar-refractivity contribution is -0.0257. The van der Waals surface area contributed by atoms with Crippen LogP contribution in [0.5, 0.6) is 0 Å². The minimum atomic E-state index is -0.566. The van der Waals surface area contributed by atoms with Gasteiger partial charge in [-0.2, -0.15) is 0 Å². The number of hydrogen-bond donors (Lipinski definition) is 2. The highest BCUT2D eigenvalue weighted by Crippen LogP contribution is 2.22. The Morgan fingerprint density at radius 2 is 2.00 bits per heavy atom. The minimum absolute atomic E-state index is 0.306. The van der Waals surface area contributed by atoms with Crippen molar-refractivity contribution in [1.29, 1.82) is 0 Å². The van der Waals surface area contributed by atoms with Crippen molar-refractivity contribution in [2.45, 2.75) is 39.2 Å². The molecule has 1 aliphatic heterocycles. The summed E-state index contributed by atoms with van der Waals surface area (Å²) in [5.41, 5.74) is -0.566. The summed E-state index contributed by atoms with van der Waals surface area (Å²) in [5.74, 6) is 1.08. The van der Waals surface area contributed by atoms with E-state index in [-0.39, 0.29) is 0 Å². The zero-order chi connectivity index (χ0) is 14.3. The molecular weight excluding hydrogens is 240 g/mol. The third kappa shape index (κ3) is 6.21. The molecule has 0 spiro atoms. The summed E-state index contributed by atoms with van der Waals surface area (Å²) >= 11 is 0. The third-order valence-corrected chi connectivity index (χ3v) is 4.41. The zero-order valence-electron chi connectivity index (χ0n) is 13.1. The van der Waals surface area contributed by atoms with Crippen LogP contribution in [0.25, 0.3) is 0 Å². The predicted molar refractivity (Wildman–Crippen MR) is 79.4 cm³/mol. The van der Waals surface area contributed by atoms with E-state index in [9.17, 15) is 5.11 Å². The molecular formula is C15H32N2O2. The highest BCUT2D eigenvalue weighted by atomic mass is 16.5. The van der Waals surface area contributed by atoms with E-state index >= 15 is 0 Å². The number of likely N-dealkylation sites (tertiary alicyclic amines) is 1. The van der Waals surface area contributed by atoms with Crippen LogP contribution in [-0.2, 0) is 4.74 Å². The average Bonchev–Trinajstić information content (AvgIpc) is 2.36. The molecule has 4 heteroatoms. The lowest BCUT2D eigenvalue weighted by Crippen LogP contribution is -2.48. The first-order valence-corrected chi connectivity index (χ1v) is 7.60. The normalized spacial score (nSPS) is 21.8. The smallest absolute Gasteiger partial charge is 0.0768 e. The molecule has 0 aromatic rings. The number of nitrogens with zero attached hydrogens (tertiary/aromatic N) is 1. The molecule has 0 aliphatic carbocycles. The topological polar surface area (TPSA) is 44.7 Å². The summed E-state index contributed by atoms with van der Waals surface area (Å²) in [6, 6.07) is 0. The number of piperidine rings is 1. The van der Waals surface area contributed by atoms with Crippen molar-refractivity contribution in [3.63, 3.8) is 0 Å². The van der Waals surface area contributed by atoms with E-state index in [1.54, 1.807) is 7.11 Å². The van der Waals surface area contributed by atoms with E-state index in [0.717, 1.165) is 45.2 Å². The summed E-state index contributed by atoms with van der Waals surface area (Å²) in [6.07, 6.45) is 2.46. The van der Waals surface area contributed by atoms with Gasteiger partial charge in [0.15, 0.2) is 0 Å². The van der Waals surface area contributed by atoms with Crippen LogP contribution in [0.4, 0.5) is 0 Å². The third-order valence-electron chi connectivity index (χ3n) is 4.41. The molecule has 0 aromatic heterocycles. The quantitative estimate of drug-likeness (QED) is 0.655. The minimum Gasteiger partial charge on any atom is -0.389 e. The van der Waals surface area contributed by atoms with Crippen molar-refractivity contribution in [3.8, 4) is 0 Å². The SMILES string of the molecule is COCCNCC1CCN(CC(C)(O)C(C)C)CC1. The van der Waals surface area contributed by atoms with Gasteiger partial charge in [0.1, 0.15) is 0 Å². The van der Waals surface area contributed by atoms with Crippen LogP contribution in [-0.4, -0.2) is 62.0 Å². The first-order chi connectivity index (χ1) is 8.95. The fourth-order valence-corrected chi connectivity index (χ4v) is 2.46. The molecule has 0 amide bonds. The molecule has 0 aromatic carbocycles. The number of methoxy groups -OCH3 is 1. The second-order valence-electron chi connectivity index (χ2n) is 6.43. The number of aliphatic hydroxyl groups is 1. The van der Waals surface area contributed by atoms with E-state index in [2.05, 4.69) is 24.1 Å². The molecule has 1 fully saturated rings. The van der Waals surface area contributed by atoms with Crippen molar-refractivity contribution >= 4 is 0 Å². The van der Waals surface area contributed by atoms with Gasteiger partial charge in [-0.1, -0.05) is 13.8 Å². The molecule has 19 heavy (non-hydrogen) atoms. The van der Waals surface area contributed by atoms with Crippen molar-refractivity contribution in [2.75, 3.05) is 46.4 Å². The van der Waals surface area contributed by atoms with Gasteiger partial charge in [-0.25, -0.2) is 0 Å². The van der Waals surface area contributed by atoms with Crippen LogP contribution in [0.3, 0.4) is 0 Å². The zero-order valence-corrected chi connectivity index (χ0v) is 13.1. The second kappa shape index (κ2) is 8.20. The van der Waals surface area contributed by atoms with Crippen LogP contribution >= 0.6 is 0 Å². The van der Waals surface area contributed by atoms with Gasteiger partial charge in [0.05, 0.1) is 12.2 Å². The molecule has 1 aliphatic rings. The largest absolute Gasteiger partial charge is 0.389 e. The standard InChI is InChI=1S/C15H32N2O2/c1-13(2)15(3,18)12-17-8-5-14(6-9-17)11-16-7-10-19-4/h13-14,16,18H,5-12H2,1-4H3. The molecule has 1 atom stereocenters. The molecule has 1 heterocycles. The maximum atomic E-state index is 10.3. The maximum Gasteiger partial charge on any atom is 0.0768 e. The van der Waals surface area contributed by atoms with Gasteiger partial charge in [-0.3, -0.25) is 0 Å². The summed E-state index contributed by atoms with van der Waals surface area (Å²) < 4.78 is 5.03. The molecule has 2 N–H and O–H groups in total. The Labute approximate surface area is 118 Å². The summed E-state index contributed by atoms with van der Waals surface area (Å²) in [4.78, 5) is 2.41. The Balaban J connectivity index is 2.18. The number of hydrogen-bond acceptors (Lipinski definition) is 4. The first-order valence-electron chi connectivity index (χ1n) is 7.60. The van der Waals surface area contributed by atoms with Crippen molar-refractivity contribution in [2.24, 2.45) is 11.8 Å². The maximum absolute atomic E-state index is 10.3. The summed E-state index contributed by atoms with van der Waals surface area (Å²) in [6.45, 7) is 12.0. The van der Waals surface area contributed by atoms with Gasteiger partial charge < -0.3 is 20.1 Å². The summed E-state index contributed by atoms with van der Waals surface area (Å²) in [5, 5.41) is 13.8. The first kappa shape index (κ1) is 16.9. The van der Waals surface area contributed by atoms with E-state index in [1.807, 2.05) is 6.92 Å². The van der Waals surface area contributed by atoms with Gasteiger partial charge in [0.2, 0.25) is 0 Å². The van der Waals surface area contributed by atoms with Crippen LogP contribution < -0.4 is 5.32 Å². The molecule has 114 valence electrons. The van der Waals surface area contributed by atoms with Gasteiger partial charge in [0.25, 0.3) is 0 Å². The van der Waals surface area contributed by atoms with E-state index in [0.29, 0.717) is 5.92 Å². The number of nitrogens with one attached hydrogen (secondary N) is 1. The highest BCUT2D eigenvalue weighted by molar-refractivity contribution is 4.83. The lowest BCUT2D eigenvalue weighted by Gasteiger charge is -2.38. The average molecular weight is 272 g/mol. The fraction of sp³-hybridized carbons (Fsp3) is 1.00. The Kier molecular flexibility index (Phi) is 7.29. The summed E-state index contributed by atoms with van der Waals surface area (Å²) in [7, 11) is 1.74. The van der Waals surface area contributed by atoms with Crippen LogP contribution in [0.2, 0.25) is 0 Å². The molecule has 0 saturated carbocycles. The molecule has 1 rings (SSSR count).